The number of nitrogens with zero attached hydrogens (tertiary/aromatic N) is 2. The summed E-state index contributed by atoms with van der Waals surface area (Å²) < 4.78 is 5.18. The van der Waals surface area contributed by atoms with E-state index in [4.69, 9.17) is 4.52 Å². The lowest BCUT2D eigenvalue weighted by molar-refractivity contribution is -0.131. The molecule has 1 aromatic carbocycles. The van der Waals surface area contributed by atoms with Crippen LogP contribution in [0.15, 0.2) is 34.9 Å². The average Bonchev–Trinajstić information content (AvgIpc) is 2.81. The van der Waals surface area contributed by atoms with Gasteiger partial charge in [-0.25, -0.2) is 0 Å². The summed E-state index contributed by atoms with van der Waals surface area (Å²) in [6.07, 6.45) is 4.56. The van der Waals surface area contributed by atoms with Crippen molar-refractivity contribution in [2.45, 2.75) is 51.9 Å². The molecule has 3 rings (SSSR count). The third kappa shape index (κ3) is 3.86. The number of amides is 1. The van der Waals surface area contributed by atoms with Gasteiger partial charge in [-0.05, 0) is 51.0 Å². The molecule has 1 aliphatic heterocycles. The fourth-order valence-corrected chi connectivity index (χ4v) is 3.65. The second-order valence-corrected chi connectivity index (χ2v) is 6.72. The van der Waals surface area contributed by atoms with Crippen molar-refractivity contribution in [3.05, 3.63) is 52.9 Å². The van der Waals surface area contributed by atoms with Crippen LogP contribution < -0.4 is 0 Å². The van der Waals surface area contributed by atoms with Crippen LogP contribution in [0.2, 0.25) is 0 Å². The minimum atomic E-state index is 0.253. The lowest BCUT2D eigenvalue weighted by Crippen LogP contribution is -2.32. The van der Waals surface area contributed by atoms with E-state index < -0.39 is 0 Å². The highest BCUT2D eigenvalue weighted by molar-refractivity contribution is 5.76. The molecular weight excluding hydrogens is 300 g/mol. The molecule has 0 aliphatic carbocycles. The van der Waals surface area contributed by atoms with E-state index in [-0.39, 0.29) is 5.91 Å². The van der Waals surface area contributed by atoms with Gasteiger partial charge in [0.25, 0.3) is 0 Å². The topological polar surface area (TPSA) is 46.3 Å². The van der Waals surface area contributed by atoms with E-state index in [0.717, 1.165) is 55.8 Å². The Hall–Kier alpha value is -2.10. The van der Waals surface area contributed by atoms with Crippen molar-refractivity contribution in [3.8, 4) is 0 Å². The highest BCUT2D eigenvalue weighted by Crippen LogP contribution is 2.28. The molecule has 2 heterocycles. The zero-order valence-electron chi connectivity index (χ0n) is 14.6. The number of aromatic nitrogens is 1. The summed E-state index contributed by atoms with van der Waals surface area (Å²) in [6.45, 7) is 5.59. The zero-order chi connectivity index (χ0) is 16.9. The van der Waals surface area contributed by atoms with Crippen LogP contribution in [0, 0.1) is 13.8 Å². The molecule has 1 amide bonds. The van der Waals surface area contributed by atoms with Crippen LogP contribution in [-0.4, -0.2) is 29.1 Å². The van der Waals surface area contributed by atoms with E-state index in [0.29, 0.717) is 12.3 Å². The molecule has 1 fully saturated rings. The van der Waals surface area contributed by atoms with Crippen molar-refractivity contribution < 1.29 is 9.32 Å². The van der Waals surface area contributed by atoms with E-state index in [1.165, 1.54) is 5.56 Å². The second kappa shape index (κ2) is 7.65. The molecule has 4 heteroatoms. The Morgan fingerprint density at radius 2 is 2.00 bits per heavy atom. The molecule has 0 bridgehead atoms. The van der Waals surface area contributed by atoms with Crippen LogP contribution in [0.4, 0.5) is 0 Å². The Morgan fingerprint density at radius 1 is 1.21 bits per heavy atom. The van der Waals surface area contributed by atoms with Crippen LogP contribution in [0.5, 0.6) is 0 Å². The number of likely N-dealkylation sites (tertiary alicyclic amines) is 1. The first-order chi connectivity index (χ1) is 11.6. The highest BCUT2D eigenvalue weighted by Gasteiger charge is 2.22. The largest absolute Gasteiger partial charge is 0.361 e. The van der Waals surface area contributed by atoms with Gasteiger partial charge in [-0.2, -0.15) is 0 Å². The maximum atomic E-state index is 12.6. The van der Waals surface area contributed by atoms with Gasteiger partial charge in [0.15, 0.2) is 0 Å². The van der Waals surface area contributed by atoms with Crippen molar-refractivity contribution >= 4 is 5.91 Å². The summed E-state index contributed by atoms with van der Waals surface area (Å²) >= 11 is 0. The normalized spacial score (nSPS) is 18.4. The molecule has 1 aromatic heterocycles. The molecule has 0 spiro atoms. The van der Waals surface area contributed by atoms with Crippen LogP contribution in [0.25, 0.3) is 0 Å². The van der Waals surface area contributed by atoms with Gasteiger partial charge in [0.1, 0.15) is 5.76 Å². The standard InChI is InChI=1S/C20H26N2O2/c1-15-19(16(2)24-21-15)10-11-20(23)22-13-6-9-18(12-14-22)17-7-4-3-5-8-17/h3-5,7-8,18H,6,9-14H2,1-2H3/t18-/m0/s1. The Kier molecular flexibility index (Phi) is 5.34. The third-order valence-electron chi connectivity index (χ3n) is 5.12. The first kappa shape index (κ1) is 16.7. The van der Waals surface area contributed by atoms with E-state index in [1.54, 1.807) is 0 Å². The summed E-state index contributed by atoms with van der Waals surface area (Å²) in [5, 5.41) is 3.97. The molecule has 4 nitrogen and oxygen atoms in total. The van der Waals surface area contributed by atoms with E-state index in [1.807, 2.05) is 18.7 Å². The van der Waals surface area contributed by atoms with Crippen LogP contribution >= 0.6 is 0 Å². The molecule has 0 N–H and O–H groups in total. The number of carbonyl (C=O) groups excluding carboxylic acids is 1. The maximum absolute atomic E-state index is 12.6. The molecule has 24 heavy (non-hydrogen) atoms. The summed E-state index contributed by atoms with van der Waals surface area (Å²) in [4.78, 5) is 14.6. The number of aryl methyl sites for hydroxylation is 2. The van der Waals surface area contributed by atoms with E-state index in [2.05, 4.69) is 35.5 Å². The number of hydrogen-bond donors (Lipinski definition) is 0. The Morgan fingerprint density at radius 3 is 2.71 bits per heavy atom. The van der Waals surface area contributed by atoms with Crippen LogP contribution in [-0.2, 0) is 11.2 Å². The van der Waals surface area contributed by atoms with Crippen molar-refractivity contribution in [2.24, 2.45) is 0 Å². The molecular formula is C20H26N2O2. The third-order valence-corrected chi connectivity index (χ3v) is 5.12. The van der Waals surface area contributed by atoms with E-state index >= 15 is 0 Å². The van der Waals surface area contributed by atoms with Gasteiger partial charge >= 0.3 is 0 Å². The maximum Gasteiger partial charge on any atom is 0.222 e. The fraction of sp³-hybridized carbons (Fsp3) is 0.500. The highest BCUT2D eigenvalue weighted by atomic mass is 16.5. The molecule has 1 saturated heterocycles. The number of hydrogen-bond acceptors (Lipinski definition) is 3. The van der Waals surface area contributed by atoms with Crippen molar-refractivity contribution in [3.63, 3.8) is 0 Å². The summed E-state index contributed by atoms with van der Waals surface area (Å²) in [5.74, 6) is 1.66. The number of benzene rings is 1. The van der Waals surface area contributed by atoms with Crippen molar-refractivity contribution in [1.82, 2.24) is 10.1 Å². The molecule has 2 aromatic rings. The number of rotatable bonds is 4. The number of carbonyl (C=O) groups is 1. The zero-order valence-corrected chi connectivity index (χ0v) is 14.6. The van der Waals surface area contributed by atoms with Crippen LogP contribution in [0.3, 0.4) is 0 Å². The smallest absolute Gasteiger partial charge is 0.222 e. The molecule has 0 radical (unpaired) electrons. The fourth-order valence-electron chi connectivity index (χ4n) is 3.65. The molecule has 128 valence electrons. The van der Waals surface area contributed by atoms with Gasteiger partial charge in [-0.1, -0.05) is 35.5 Å². The minimum absolute atomic E-state index is 0.253. The predicted octanol–water partition coefficient (Wildman–Crippen LogP) is 4.02. The van der Waals surface area contributed by atoms with Gasteiger partial charge in [0.05, 0.1) is 5.69 Å². The van der Waals surface area contributed by atoms with Crippen molar-refractivity contribution in [1.29, 1.82) is 0 Å². The van der Waals surface area contributed by atoms with Gasteiger partial charge in [-0.15, -0.1) is 0 Å². The van der Waals surface area contributed by atoms with Gasteiger partial charge < -0.3 is 9.42 Å². The minimum Gasteiger partial charge on any atom is -0.361 e. The summed E-state index contributed by atoms with van der Waals surface area (Å²) in [7, 11) is 0. The summed E-state index contributed by atoms with van der Waals surface area (Å²) in [5.41, 5.74) is 3.39. The molecule has 0 unspecified atom stereocenters. The Bertz CT molecular complexity index is 659. The first-order valence-electron chi connectivity index (χ1n) is 8.89. The van der Waals surface area contributed by atoms with Crippen molar-refractivity contribution in [2.75, 3.05) is 13.1 Å². The van der Waals surface area contributed by atoms with Gasteiger partial charge in [0.2, 0.25) is 5.91 Å². The Labute approximate surface area is 143 Å². The first-order valence-corrected chi connectivity index (χ1v) is 8.89. The lowest BCUT2D eigenvalue weighted by atomic mass is 9.92. The van der Waals surface area contributed by atoms with Gasteiger partial charge in [0, 0.05) is 25.1 Å². The predicted molar refractivity (Wildman–Crippen MR) is 93.9 cm³/mol. The van der Waals surface area contributed by atoms with E-state index in [9.17, 15) is 4.79 Å². The summed E-state index contributed by atoms with van der Waals surface area (Å²) in [6, 6.07) is 10.7. The molecule has 0 saturated carbocycles. The second-order valence-electron chi connectivity index (χ2n) is 6.72. The molecule has 1 aliphatic rings. The quantitative estimate of drug-likeness (QED) is 0.852. The van der Waals surface area contributed by atoms with Gasteiger partial charge in [-0.3, -0.25) is 4.79 Å². The SMILES string of the molecule is Cc1noc(C)c1CCC(=O)N1CCC[C@H](c2ccccc2)CC1. The Balaban J connectivity index is 1.55. The monoisotopic (exact) mass is 326 g/mol. The lowest BCUT2D eigenvalue weighted by Gasteiger charge is -2.21. The molecule has 1 atom stereocenters. The average molecular weight is 326 g/mol. The van der Waals surface area contributed by atoms with Crippen LogP contribution in [0.1, 0.15) is 54.2 Å².